The summed E-state index contributed by atoms with van der Waals surface area (Å²) in [5.41, 5.74) is 0. The molecule has 0 aromatic carbocycles. The highest BCUT2D eigenvalue weighted by molar-refractivity contribution is 5.47. The predicted molar refractivity (Wildman–Crippen MR) is 83.6 cm³/mol. The fraction of sp³-hybridized carbons (Fsp3) is 0.733. The summed E-state index contributed by atoms with van der Waals surface area (Å²) < 4.78 is 11.0. The molecule has 2 N–H and O–H groups in total. The van der Waals surface area contributed by atoms with E-state index in [1.54, 1.807) is 0 Å². The molecule has 21 heavy (non-hydrogen) atoms. The molecule has 6 heteroatoms. The summed E-state index contributed by atoms with van der Waals surface area (Å²) in [5.74, 6) is 3.13. The lowest BCUT2D eigenvalue weighted by Gasteiger charge is -2.11. The molecule has 1 aliphatic rings. The van der Waals surface area contributed by atoms with Gasteiger partial charge in [-0.05, 0) is 32.6 Å². The van der Waals surface area contributed by atoms with Crippen LogP contribution in [-0.4, -0.2) is 42.9 Å². The maximum absolute atomic E-state index is 5.61. The summed E-state index contributed by atoms with van der Waals surface area (Å²) in [6, 6.07) is 1.92. The van der Waals surface area contributed by atoms with Crippen LogP contribution in [0.5, 0.6) is 0 Å². The minimum absolute atomic E-state index is 0.433. The van der Waals surface area contributed by atoms with Crippen LogP contribution in [0.15, 0.2) is 6.07 Å². The number of anilines is 2. The van der Waals surface area contributed by atoms with Crippen LogP contribution in [0, 0.1) is 5.92 Å². The van der Waals surface area contributed by atoms with Gasteiger partial charge in [-0.1, -0.05) is 0 Å². The second kappa shape index (κ2) is 8.79. The van der Waals surface area contributed by atoms with Gasteiger partial charge < -0.3 is 20.1 Å². The van der Waals surface area contributed by atoms with Crippen molar-refractivity contribution in [1.82, 2.24) is 9.97 Å². The second-order valence-electron chi connectivity index (χ2n) is 5.17. The van der Waals surface area contributed by atoms with Gasteiger partial charge in [0.2, 0.25) is 0 Å². The van der Waals surface area contributed by atoms with Crippen LogP contribution < -0.4 is 10.6 Å². The Labute approximate surface area is 126 Å². The van der Waals surface area contributed by atoms with Gasteiger partial charge in [0.05, 0.1) is 6.61 Å². The highest BCUT2D eigenvalue weighted by Gasteiger charge is 2.20. The first-order valence-electron chi connectivity index (χ1n) is 7.83. The number of hydrogen-bond acceptors (Lipinski definition) is 6. The highest BCUT2D eigenvalue weighted by atomic mass is 16.5. The third-order valence-electron chi connectivity index (χ3n) is 3.17. The number of hydrogen-bond donors (Lipinski definition) is 2. The molecule has 2 rings (SSSR count). The monoisotopic (exact) mass is 294 g/mol. The van der Waals surface area contributed by atoms with Crippen molar-refractivity contribution in [1.29, 1.82) is 0 Å². The van der Waals surface area contributed by atoms with Crippen LogP contribution >= 0.6 is 0 Å². The zero-order valence-corrected chi connectivity index (χ0v) is 13.0. The van der Waals surface area contributed by atoms with Crippen LogP contribution in [0.3, 0.4) is 0 Å². The first-order chi connectivity index (χ1) is 10.3. The summed E-state index contributed by atoms with van der Waals surface area (Å²) in [4.78, 5) is 8.87. The molecule has 1 fully saturated rings. The normalized spacial score (nSPS) is 14.2. The molecule has 1 heterocycles. The molecule has 0 radical (unpaired) electrons. The van der Waals surface area contributed by atoms with Gasteiger partial charge in [0.15, 0.2) is 5.82 Å². The van der Waals surface area contributed by atoms with E-state index in [-0.39, 0.29) is 0 Å². The molecule has 118 valence electrons. The SMILES string of the molecule is CCNc1cc(NCCOCC2CC2)nc(COCC)n1. The summed E-state index contributed by atoms with van der Waals surface area (Å²) in [7, 11) is 0. The van der Waals surface area contributed by atoms with Crippen molar-refractivity contribution in [3.63, 3.8) is 0 Å². The Morgan fingerprint density at radius 3 is 2.57 bits per heavy atom. The minimum atomic E-state index is 0.433. The lowest BCUT2D eigenvalue weighted by molar-refractivity contribution is 0.128. The van der Waals surface area contributed by atoms with E-state index in [2.05, 4.69) is 20.6 Å². The van der Waals surface area contributed by atoms with E-state index in [0.29, 0.717) is 25.6 Å². The first kappa shape index (κ1) is 16.0. The third kappa shape index (κ3) is 6.27. The van der Waals surface area contributed by atoms with Crippen LogP contribution in [0.25, 0.3) is 0 Å². The molecule has 1 saturated carbocycles. The van der Waals surface area contributed by atoms with E-state index >= 15 is 0 Å². The van der Waals surface area contributed by atoms with Gasteiger partial charge in [-0.2, -0.15) is 0 Å². The molecule has 1 aromatic heterocycles. The summed E-state index contributed by atoms with van der Waals surface area (Å²) in [5, 5.41) is 6.49. The molecule has 6 nitrogen and oxygen atoms in total. The lowest BCUT2D eigenvalue weighted by atomic mass is 10.4. The fourth-order valence-corrected chi connectivity index (χ4v) is 1.90. The summed E-state index contributed by atoms with van der Waals surface area (Å²) in [6.07, 6.45) is 2.65. The Hall–Kier alpha value is -1.40. The summed E-state index contributed by atoms with van der Waals surface area (Å²) in [6.45, 7) is 8.28. The molecule has 1 aromatic rings. The van der Waals surface area contributed by atoms with Gasteiger partial charge in [0.25, 0.3) is 0 Å². The summed E-state index contributed by atoms with van der Waals surface area (Å²) >= 11 is 0. The van der Waals surface area contributed by atoms with Crippen molar-refractivity contribution in [3.8, 4) is 0 Å². The molecule has 0 spiro atoms. The van der Waals surface area contributed by atoms with Crippen molar-refractivity contribution < 1.29 is 9.47 Å². The highest BCUT2D eigenvalue weighted by Crippen LogP contribution is 2.28. The molecule has 0 atom stereocenters. The maximum Gasteiger partial charge on any atom is 0.158 e. The number of rotatable bonds is 11. The molecule has 0 bridgehead atoms. The average Bonchev–Trinajstić information content (AvgIpc) is 3.29. The van der Waals surface area contributed by atoms with Gasteiger partial charge in [-0.3, -0.25) is 0 Å². The van der Waals surface area contributed by atoms with Gasteiger partial charge in [0.1, 0.15) is 18.2 Å². The van der Waals surface area contributed by atoms with Crippen LogP contribution in [0.4, 0.5) is 11.6 Å². The van der Waals surface area contributed by atoms with E-state index in [4.69, 9.17) is 9.47 Å². The molecule has 0 amide bonds. The largest absolute Gasteiger partial charge is 0.379 e. The van der Waals surface area contributed by atoms with E-state index < -0.39 is 0 Å². The number of nitrogens with zero attached hydrogens (tertiary/aromatic N) is 2. The van der Waals surface area contributed by atoms with Crippen molar-refractivity contribution in [2.75, 3.05) is 43.5 Å². The minimum Gasteiger partial charge on any atom is -0.379 e. The van der Waals surface area contributed by atoms with Gasteiger partial charge in [-0.15, -0.1) is 0 Å². The van der Waals surface area contributed by atoms with Crippen LogP contribution in [0.1, 0.15) is 32.5 Å². The Bertz CT molecular complexity index is 424. The standard InChI is InChI=1S/C15H26N4O2/c1-3-16-13-9-14(19-15(18-13)11-20-4-2)17-7-8-21-10-12-5-6-12/h9,12H,3-8,10-11H2,1-2H3,(H2,16,17,18,19). The quantitative estimate of drug-likeness (QED) is 0.610. The van der Waals surface area contributed by atoms with Crippen LogP contribution in [-0.2, 0) is 16.1 Å². The van der Waals surface area contributed by atoms with E-state index in [1.807, 2.05) is 19.9 Å². The average molecular weight is 294 g/mol. The third-order valence-corrected chi connectivity index (χ3v) is 3.17. The topological polar surface area (TPSA) is 68.3 Å². The molecule has 0 aliphatic heterocycles. The van der Waals surface area contributed by atoms with Gasteiger partial charge in [0, 0.05) is 32.4 Å². The molecular formula is C15H26N4O2. The number of ether oxygens (including phenoxy) is 2. The van der Waals surface area contributed by atoms with Gasteiger partial charge >= 0.3 is 0 Å². The van der Waals surface area contributed by atoms with Crippen molar-refractivity contribution in [3.05, 3.63) is 11.9 Å². The number of aromatic nitrogens is 2. The Morgan fingerprint density at radius 2 is 1.90 bits per heavy atom. The molecule has 0 saturated heterocycles. The van der Waals surface area contributed by atoms with E-state index in [9.17, 15) is 0 Å². The van der Waals surface area contributed by atoms with E-state index in [0.717, 1.165) is 37.3 Å². The zero-order valence-electron chi connectivity index (χ0n) is 13.0. The number of nitrogens with one attached hydrogen (secondary N) is 2. The lowest BCUT2D eigenvalue weighted by Crippen LogP contribution is -2.13. The first-order valence-corrected chi connectivity index (χ1v) is 7.83. The van der Waals surface area contributed by atoms with Crippen molar-refractivity contribution in [2.24, 2.45) is 5.92 Å². The Kier molecular flexibility index (Phi) is 6.69. The van der Waals surface area contributed by atoms with E-state index in [1.165, 1.54) is 12.8 Å². The second-order valence-corrected chi connectivity index (χ2v) is 5.17. The fourth-order valence-electron chi connectivity index (χ4n) is 1.90. The Balaban J connectivity index is 1.81. The van der Waals surface area contributed by atoms with Crippen molar-refractivity contribution in [2.45, 2.75) is 33.3 Å². The Morgan fingerprint density at radius 1 is 1.14 bits per heavy atom. The predicted octanol–water partition coefficient (Wildman–Crippen LogP) is 2.28. The zero-order chi connectivity index (χ0) is 14.9. The van der Waals surface area contributed by atoms with Crippen LogP contribution in [0.2, 0.25) is 0 Å². The van der Waals surface area contributed by atoms with Gasteiger partial charge in [-0.25, -0.2) is 9.97 Å². The smallest absolute Gasteiger partial charge is 0.158 e. The molecule has 1 aliphatic carbocycles. The molecular weight excluding hydrogens is 268 g/mol. The van der Waals surface area contributed by atoms with Crippen molar-refractivity contribution >= 4 is 11.6 Å². The maximum atomic E-state index is 5.61. The molecule has 0 unspecified atom stereocenters.